The molecular weight excluding hydrogens is 393 g/mol. The Morgan fingerprint density at radius 3 is 2.71 bits per heavy atom. The van der Waals surface area contributed by atoms with Crippen LogP contribution in [-0.2, 0) is 0 Å². The summed E-state index contributed by atoms with van der Waals surface area (Å²) in [5.41, 5.74) is 1.16. The maximum absolute atomic E-state index is 14.0. The summed E-state index contributed by atoms with van der Waals surface area (Å²) in [6, 6.07) is 13.1. The topological polar surface area (TPSA) is 76.0 Å². The number of hydrogen-bond acceptors (Lipinski definition) is 5. The lowest BCUT2D eigenvalue weighted by molar-refractivity contribution is 0.186. The fourth-order valence-corrected chi connectivity index (χ4v) is 5.05. The second kappa shape index (κ2) is 8.12. The molecule has 1 aliphatic carbocycles. The highest BCUT2D eigenvalue weighted by Gasteiger charge is 2.32. The zero-order valence-electron chi connectivity index (χ0n) is 17.2. The van der Waals surface area contributed by atoms with Crippen LogP contribution < -0.4 is 10.5 Å². The molecule has 0 unspecified atom stereocenters. The minimum absolute atomic E-state index is 0.147. The van der Waals surface area contributed by atoms with Crippen LogP contribution in [0.15, 0.2) is 47.4 Å². The predicted octanol–water partition coefficient (Wildman–Crippen LogP) is 3.39. The number of hydrogen-bond donors (Lipinski definition) is 1. The average molecular weight is 417 g/mol. The molecule has 0 radical (unpaired) electrons. The second-order valence-electron chi connectivity index (χ2n) is 8.46. The molecule has 1 aromatic carbocycles. The summed E-state index contributed by atoms with van der Waals surface area (Å²) in [4.78, 5) is 24.6. The molecule has 7 heteroatoms. The van der Waals surface area contributed by atoms with Gasteiger partial charge in [0.05, 0.1) is 10.9 Å². The van der Waals surface area contributed by atoms with Crippen molar-refractivity contribution >= 4 is 16.6 Å². The summed E-state index contributed by atoms with van der Waals surface area (Å²) < 4.78 is 14.0. The van der Waals surface area contributed by atoms with Gasteiger partial charge in [-0.1, -0.05) is 12.1 Å². The average Bonchev–Trinajstić information content (AvgIpc) is 3.29. The number of piperazine rings is 1. The van der Waals surface area contributed by atoms with Crippen molar-refractivity contribution in [2.24, 2.45) is 0 Å². The SMILES string of the molecule is N#Cc1ccc(N2CCN([C@H]3CC[C@@H](c4cc5cccc(F)c5c(=O)[nH]4)C3)CC2)nc1. The van der Waals surface area contributed by atoms with Crippen LogP contribution in [0, 0.1) is 17.1 Å². The monoisotopic (exact) mass is 417 g/mol. The number of fused-ring (bicyclic) bond motifs is 1. The Morgan fingerprint density at radius 2 is 1.97 bits per heavy atom. The van der Waals surface area contributed by atoms with Crippen molar-refractivity contribution < 1.29 is 4.39 Å². The first-order valence-electron chi connectivity index (χ1n) is 10.8. The molecule has 2 fully saturated rings. The van der Waals surface area contributed by atoms with Gasteiger partial charge in [-0.15, -0.1) is 0 Å². The van der Waals surface area contributed by atoms with Crippen LogP contribution >= 0.6 is 0 Å². The summed E-state index contributed by atoms with van der Waals surface area (Å²) >= 11 is 0. The van der Waals surface area contributed by atoms with Crippen molar-refractivity contribution in [3.05, 3.63) is 70.0 Å². The minimum Gasteiger partial charge on any atom is -0.354 e. The maximum Gasteiger partial charge on any atom is 0.259 e. The molecule has 0 spiro atoms. The van der Waals surface area contributed by atoms with Gasteiger partial charge in [0.2, 0.25) is 0 Å². The minimum atomic E-state index is -0.468. The quantitative estimate of drug-likeness (QED) is 0.707. The lowest BCUT2D eigenvalue weighted by atomic mass is 10.00. The third-order valence-corrected chi connectivity index (χ3v) is 6.72. The molecule has 1 saturated carbocycles. The molecule has 5 rings (SSSR count). The fourth-order valence-electron chi connectivity index (χ4n) is 5.05. The van der Waals surface area contributed by atoms with Gasteiger partial charge in [-0.05, 0) is 48.9 Å². The molecule has 1 saturated heterocycles. The van der Waals surface area contributed by atoms with Crippen molar-refractivity contribution in [2.45, 2.75) is 31.2 Å². The van der Waals surface area contributed by atoms with E-state index >= 15 is 0 Å². The summed E-state index contributed by atoms with van der Waals surface area (Å²) in [6.45, 7) is 3.76. The number of pyridine rings is 2. The van der Waals surface area contributed by atoms with E-state index in [1.54, 1.807) is 18.3 Å². The van der Waals surface area contributed by atoms with Crippen molar-refractivity contribution in [3.8, 4) is 6.07 Å². The lowest BCUT2D eigenvalue weighted by Gasteiger charge is -2.38. The number of nitrogens with zero attached hydrogens (tertiary/aromatic N) is 4. The zero-order valence-corrected chi connectivity index (χ0v) is 17.2. The van der Waals surface area contributed by atoms with E-state index in [0.29, 0.717) is 22.9 Å². The van der Waals surface area contributed by atoms with E-state index in [2.05, 4.69) is 25.8 Å². The number of aromatic amines is 1. The maximum atomic E-state index is 14.0. The van der Waals surface area contributed by atoms with E-state index < -0.39 is 5.82 Å². The highest BCUT2D eigenvalue weighted by molar-refractivity contribution is 5.82. The number of nitrogens with one attached hydrogen (secondary N) is 1. The van der Waals surface area contributed by atoms with E-state index in [1.165, 1.54) is 6.07 Å². The van der Waals surface area contributed by atoms with E-state index in [1.807, 2.05) is 18.2 Å². The number of nitriles is 1. The van der Waals surface area contributed by atoms with E-state index in [4.69, 9.17) is 5.26 Å². The number of benzene rings is 1. The molecule has 158 valence electrons. The van der Waals surface area contributed by atoms with Gasteiger partial charge in [-0.2, -0.15) is 5.26 Å². The first kappa shape index (κ1) is 19.7. The van der Waals surface area contributed by atoms with Gasteiger partial charge in [0.15, 0.2) is 0 Å². The van der Waals surface area contributed by atoms with Crippen LogP contribution in [-0.4, -0.2) is 47.1 Å². The van der Waals surface area contributed by atoms with Gasteiger partial charge in [0, 0.05) is 50.0 Å². The van der Waals surface area contributed by atoms with Crippen LogP contribution in [0.25, 0.3) is 10.8 Å². The molecule has 2 aliphatic rings. The van der Waals surface area contributed by atoms with E-state index in [9.17, 15) is 9.18 Å². The molecule has 3 aromatic rings. The molecule has 2 aromatic heterocycles. The molecule has 1 N–H and O–H groups in total. The Hall–Kier alpha value is -3.24. The number of halogens is 1. The molecule has 0 amide bonds. The van der Waals surface area contributed by atoms with Crippen molar-refractivity contribution in [1.29, 1.82) is 5.26 Å². The Bertz CT molecular complexity index is 1190. The second-order valence-corrected chi connectivity index (χ2v) is 8.46. The predicted molar refractivity (Wildman–Crippen MR) is 118 cm³/mol. The van der Waals surface area contributed by atoms with Gasteiger partial charge < -0.3 is 9.88 Å². The van der Waals surface area contributed by atoms with Crippen LogP contribution in [0.5, 0.6) is 0 Å². The third-order valence-electron chi connectivity index (χ3n) is 6.72. The van der Waals surface area contributed by atoms with Crippen LogP contribution in [0.2, 0.25) is 0 Å². The van der Waals surface area contributed by atoms with Gasteiger partial charge in [-0.3, -0.25) is 9.69 Å². The highest BCUT2D eigenvalue weighted by atomic mass is 19.1. The van der Waals surface area contributed by atoms with Crippen molar-refractivity contribution in [3.63, 3.8) is 0 Å². The van der Waals surface area contributed by atoms with Crippen LogP contribution in [0.4, 0.5) is 10.2 Å². The Balaban J connectivity index is 1.24. The van der Waals surface area contributed by atoms with Crippen molar-refractivity contribution in [1.82, 2.24) is 14.9 Å². The summed E-state index contributed by atoms with van der Waals surface area (Å²) in [5.74, 6) is 0.747. The Labute approximate surface area is 179 Å². The van der Waals surface area contributed by atoms with Gasteiger partial charge in [-0.25, -0.2) is 9.37 Å². The normalized spacial score (nSPS) is 22.0. The summed E-state index contributed by atoms with van der Waals surface area (Å²) in [6.07, 6.45) is 4.76. The molecular formula is C24H24FN5O. The number of rotatable bonds is 3. The van der Waals surface area contributed by atoms with Gasteiger partial charge in [0.25, 0.3) is 5.56 Å². The third kappa shape index (κ3) is 3.79. The molecule has 6 nitrogen and oxygen atoms in total. The zero-order chi connectivity index (χ0) is 21.4. The fraction of sp³-hybridized carbons (Fsp3) is 0.375. The molecule has 1 aliphatic heterocycles. The van der Waals surface area contributed by atoms with Crippen molar-refractivity contribution in [2.75, 3.05) is 31.1 Å². The first-order chi connectivity index (χ1) is 15.1. The van der Waals surface area contributed by atoms with Crippen LogP contribution in [0.3, 0.4) is 0 Å². The Morgan fingerprint density at radius 1 is 1.13 bits per heavy atom. The number of aromatic nitrogens is 2. The number of H-pyrrole nitrogens is 1. The molecule has 2 atom stereocenters. The van der Waals surface area contributed by atoms with E-state index in [0.717, 1.165) is 57.0 Å². The van der Waals surface area contributed by atoms with Gasteiger partial charge >= 0.3 is 0 Å². The first-order valence-corrected chi connectivity index (χ1v) is 10.8. The lowest BCUT2D eigenvalue weighted by Crippen LogP contribution is -2.50. The molecule has 0 bridgehead atoms. The van der Waals surface area contributed by atoms with E-state index in [-0.39, 0.29) is 10.9 Å². The van der Waals surface area contributed by atoms with Crippen LogP contribution in [0.1, 0.15) is 36.4 Å². The highest BCUT2D eigenvalue weighted by Crippen LogP contribution is 2.37. The largest absolute Gasteiger partial charge is 0.354 e. The standard InChI is InChI=1S/C24H24FN5O/c25-20-3-1-2-18-13-21(28-24(31)23(18)20)17-5-6-19(12-17)29-8-10-30(11-9-29)22-7-4-16(14-26)15-27-22/h1-4,7,13,15,17,19H,5-6,8-12H2,(H,28,31)/t17-,19+/m1/s1. The summed E-state index contributed by atoms with van der Waals surface area (Å²) in [7, 11) is 0. The Kier molecular flexibility index (Phi) is 5.16. The summed E-state index contributed by atoms with van der Waals surface area (Å²) in [5, 5.41) is 9.75. The number of anilines is 1. The molecule has 3 heterocycles. The van der Waals surface area contributed by atoms with Gasteiger partial charge in [0.1, 0.15) is 17.7 Å². The molecule has 31 heavy (non-hydrogen) atoms. The smallest absolute Gasteiger partial charge is 0.259 e.